The summed E-state index contributed by atoms with van der Waals surface area (Å²) >= 11 is 12.3. The Morgan fingerprint density at radius 2 is 1.79 bits per heavy atom. The van der Waals surface area contributed by atoms with E-state index in [4.69, 9.17) is 33.2 Å². The average molecular weight is 483 g/mol. The first-order chi connectivity index (χ1) is 16.0. The Balaban J connectivity index is 1.58. The van der Waals surface area contributed by atoms with Crippen molar-refractivity contribution < 1.29 is 4.79 Å². The summed E-state index contributed by atoms with van der Waals surface area (Å²) in [4.78, 5) is 26.9. The van der Waals surface area contributed by atoms with Gasteiger partial charge >= 0.3 is 0 Å². The molecule has 0 unspecified atom stereocenters. The number of nitrogens with zero attached hydrogens (tertiary/aromatic N) is 4. The van der Waals surface area contributed by atoms with Gasteiger partial charge in [-0.15, -0.1) is 0 Å². The molecule has 3 aromatic rings. The number of halogens is 2. The van der Waals surface area contributed by atoms with Gasteiger partial charge in [0, 0.05) is 48.9 Å². The van der Waals surface area contributed by atoms with Gasteiger partial charge in [-0.25, -0.2) is 9.97 Å². The largest absolute Gasteiger partial charge is 0.354 e. The van der Waals surface area contributed by atoms with Gasteiger partial charge in [0.05, 0.1) is 10.6 Å². The molecule has 1 aromatic heterocycles. The highest BCUT2D eigenvalue weighted by atomic mass is 35.5. The molecule has 1 fully saturated rings. The normalized spacial score (nSPS) is 14.3. The predicted octanol–water partition coefficient (Wildman–Crippen LogP) is 5.60. The quantitative estimate of drug-likeness (QED) is 0.474. The molecule has 0 spiro atoms. The molecule has 1 aliphatic heterocycles. The number of anilines is 1. The minimum atomic E-state index is -0.0591. The van der Waals surface area contributed by atoms with Crippen molar-refractivity contribution in [1.29, 1.82) is 0 Å². The number of hydrogen-bond donors (Lipinski definition) is 0. The number of carbonyl (C=O) groups is 1. The van der Waals surface area contributed by atoms with Crippen molar-refractivity contribution in [2.24, 2.45) is 0 Å². The highest BCUT2D eigenvalue weighted by Crippen LogP contribution is 2.27. The summed E-state index contributed by atoms with van der Waals surface area (Å²) < 4.78 is 0. The lowest BCUT2D eigenvalue weighted by atomic mass is 10.0. The minimum Gasteiger partial charge on any atom is -0.354 e. The van der Waals surface area contributed by atoms with Crippen molar-refractivity contribution >= 4 is 34.9 Å². The van der Waals surface area contributed by atoms with Gasteiger partial charge in [-0.1, -0.05) is 60.5 Å². The Hall–Kier alpha value is -2.63. The number of hydrogen-bond acceptors (Lipinski definition) is 4. The molecule has 0 atom stereocenters. The van der Waals surface area contributed by atoms with E-state index in [1.807, 2.05) is 17.9 Å². The lowest BCUT2D eigenvalue weighted by molar-refractivity contribution is 0.0767. The molecule has 7 heteroatoms. The standard InChI is InChI=1S/C26H28Cl2N4O/c1-3-24-22(16-19-8-5-4-6-9-19)25(30-18(2)29-24)31-12-7-13-32(15-14-31)26(33)21-11-10-20(27)17-23(21)28/h4-6,8-11,17H,3,7,12-16H2,1-2H3. The number of rotatable bonds is 5. The van der Waals surface area contributed by atoms with Crippen LogP contribution in [0.3, 0.4) is 0 Å². The summed E-state index contributed by atoms with van der Waals surface area (Å²) in [5.41, 5.74) is 4.00. The van der Waals surface area contributed by atoms with Gasteiger partial charge in [0.15, 0.2) is 0 Å². The Bertz CT molecular complexity index is 1140. The monoisotopic (exact) mass is 482 g/mol. The summed E-state index contributed by atoms with van der Waals surface area (Å²) in [7, 11) is 0. The molecule has 1 amide bonds. The number of carbonyl (C=O) groups excluding carboxylic acids is 1. The third-order valence-electron chi connectivity index (χ3n) is 5.99. The fraction of sp³-hybridized carbons (Fsp3) is 0.346. The van der Waals surface area contributed by atoms with Crippen LogP contribution in [0.4, 0.5) is 5.82 Å². The second-order valence-electron chi connectivity index (χ2n) is 8.29. The minimum absolute atomic E-state index is 0.0591. The van der Waals surface area contributed by atoms with Crippen LogP contribution in [0.5, 0.6) is 0 Å². The molecule has 0 saturated carbocycles. The first-order valence-corrected chi connectivity index (χ1v) is 12.1. The molecule has 2 heterocycles. The highest BCUT2D eigenvalue weighted by molar-refractivity contribution is 6.36. The van der Waals surface area contributed by atoms with Crippen molar-refractivity contribution in [3.05, 3.63) is 86.8 Å². The molecule has 4 rings (SSSR count). The van der Waals surface area contributed by atoms with E-state index in [-0.39, 0.29) is 5.91 Å². The zero-order chi connectivity index (χ0) is 23.4. The van der Waals surface area contributed by atoms with Crippen LogP contribution in [0.1, 0.15) is 46.3 Å². The third-order valence-corrected chi connectivity index (χ3v) is 6.53. The van der Waals surface area contributed by atoms with Crippen molar-refractivity contribution in [2.75, 3.05) is 31.1 Å². The number of aromatic nitrogens is 2. The Kier molecular flexibility index (Phi) is 7.51. The smallest absolute Gasteiger partial charge is 0.255 e. The van der Waals surface area contributed by atoms with Crippen molar-refractivity contribution in [2.45, 2.75) is 33.1 Å². The molecule has 1 saturated heterocycles. The Morgan fingerprint density at radius 1 is 1.00 bits per heavy atom. The van der Waals surface area contributed by atoms with Gasteiger partial charge in [-0.2, -0.15) is 0 Å². The first-order valence-electron chi connectivity index (χ1n) is 11.4. The summed E-state index contributed by atoms with van der Waals surface area (Å²) in [5, 5.41) is 0.910. The van der Waals surface area contributed by atoms with Gasteiger partial charge in [-0.3, -0.25) is 4.79 Å². The summed E-state index contributed by atoms with van der Waals surface area (Å²) in [6, 6.07) is 15.5. The molecule has 0 aliphatic carbocycles. The summed E-state index contributed by atoms with van der Waals surface area (Å²) in [5.74, 6) is 1.71. The molecule has 172 valence electrons. The zero-order valence-electron chi connectivity index (χ0n) is 19.0. The van der Waals surface area contributed by atoms with E-state index in [0.717, 1.165) is 43.1 Å². The molecule has 5 nitrogen and oxygen atoms in total. The Morgan fingerprint density at radius 3 is 2.52 bits per heavy atom. The third kappa shape index (κ3) is 5.48. The molecule has 0 radical (unpaired) electrons. The number of amides is 1. The van der Waals surface area contributed by atoms with E-state index in [1.165, 1.54) is 11.1 Å². The van der Waals surface area contributed by atoms with Gasteiger partial charge < -0.3 is 9.80 Å². The molecule has 0 N–H and O–H groups in total. The van der Waals surface area contributed by atoms with E-state index in [2.05, 4.69) is 36.1 Å². The van der Waals surface area contributed by atoms with Gasteiger partial charge in [0.1, 0.15) is 11.6 Å². The van der Waals surface area contributed by atoms with Gasteiger partial charge in [-0.05, 0) is 43.5 Å². The van der Waals surface area contributed by atoms with Crippen LogP contribution < -0.4 is 4.90 Å². The topological polar surface area (TPSA) is 49.3 Å². The van der Waals surface area contributed by atoms with Crippen LogP contribution in [-0.4, -0.2) is 47.0 Å². The van der Waals surface area contributed by atoms with E-state index in [0.29, 0.717) is 35.2 Å². The van der Waals surface area contributed by atoms with Crippen LogP contribution in [0.25, 0.3) is 0 Å². The fourth-order valence-electron chi connectivity index (χ4n) is 4.34. The molecular formula is C26H28Cl2N4O. The maximum atomic E-state index is 13.1. The van der Waals surface area contributed by atoms with E-state index < -0.39 is 0 Å². The van der Waals surface area contributed by atoms with Gasteiger partial charge in [0.25, 0.3) is 5.91 Å². The molecule has 1 aliphatic rings. The van der Waals surface area contributed by atoms with Crippen LogP contribution in [0.2, 0.25) is 10.0 Å². The van der Waals surface area contributed by atoms with Crippen LogP contribution in [0.15, 0.2) is 48.5 Å². The first kappa shape index (κ1) is 23.5. The maximum Gasteiger partial charge on any atom is 0.255 e. The van der Waals surface area contributed by atoms with Crippen molar-refractivity contribution in [3.8, 4) is 0 Å². The molecular weight excluding hydrogens is 455 g/mol. The van der Waals surface area contributed by atoms with E-state index in [9.17, 15) is 4.79 Å². The van der Waals surface area contributed by atoms with Crippen LogP contribution in [-0.2, 0) is 12.8 Å². The van der Waals surface area contributed by atoms with E-state index >= 15 is 0 Å². The van der Waals surface area contributed by atoms with Crippen molar-refractivity contribution in [3.63, 3.8) is 0 Å². The SMILES string of the molecule is CCc1nc(C)nc(N2CCCN(C(=O)c3ccc(Cl)cc3Cl)CC2)c1Cc1ccccc1. The summed E-state index contributed by atoms with van der Waals surface area (Å²) in [6.45, 7) is 6.90. The lowest BCUT2D eigenvalue weighted by Gasteiger charge is -2.26. The summed E-state index contributed by atoms with van der Waals surface area (Å²) in [6.07, 6.45) is 2.50. The molecule has 33 heavy (non-hydrogen) atoms. The average Bonchev–Trinajstić information content (AvgIpc) is 3.06. The highest BCUT2D eigenvalue weighted by Gasteiger charge is 2.25. The van der Waals surface area contributed by atoms with Crippen LogP contribution in [0, 0.1) is 6.92 Å². The number of aryl methyl sites for hydroxylation is 2. The van der Waals surface area contributed by atoms with Crippen LogP contribution >= 0.6 is 23.2 Å². The maximum absolute atomic E-state index is 13.1. The fourth-order valence-corrected chi connectivity index (χ4v) is 4.83. The zero-order valence-corrected chi connectivity index (χ0v) is 20.5. The second kappa shape index (κ2) is 10.5. The predicted molar refractivity (Wildman–Crippen MR) is 135 cm³/mol. The van der Waals surface area contributed by atoms with Crippen molar-refractivity contribution in [1.82, 2.24) is 14.9 Å². The van der Waals surface area contributed by atoms with E-state index in [1.54, 1.807) is 18.2 Å². The second-order valence-corrected chi connectivity index (χ2v) is 9.14. The number of benzene rings is 2. The van der Waals surface area contributed by atoms with Gasteiger partial charge in [0.2, 0.25) is 0 Å². The molecule has 2 aromatic carbocycles. The Labute approximate surface area is 205 Å². The molecule has 0 bridgehead atoms. The lowest BCUT2D eigenvalue weighted by Crippen LogP contribution is -2.36.